The van der Waals surface area contributed by atoms with E-state index in [9.17, 15) is 5.11 Å². The summed E-state index contributed by atoms with van der Waals surface area (Å²) in [5.74, 6) is 0.945. The standard InChI is InChI=1S/C26H29NO3/c1-29-22-14-12-19(13-15-22)17-27-23-18-30-25(16-24(23)28)26(20-8-4-2-5-9-20)21-10-6-3-7-11-21/h2-15,23-28H,16-18H2,1H3/t23-,24-,25+/m0/s1. The molecule has 0 saturated carbocycles. The summed E-state index contributed by atoms with van der Waals surface area (Å²) in [6.45, 7) is 1.17. The molecule has 30 heavy (non-hydrogen) atoms. The van der Waals surface area contributed by atoms with Crippen LogP contribution < -0.4 is 10.1 Å². The van der Waals surface area contributed by atoms with Crippen LogP contribution in [0.3, 0.4) is 0 Å². The summed E-state index contributed by atoms with van der Waals surface area (Å²) >= 11 is 0. The molecule has 4 nitrogen and oxygen atoms in total. The van der Waals surface area contributed by atoms with Crippen molar-refractivity contribution in [1.29, 1.82) is 0 Å². The normalized spacial score (nSPS) is 21.5. The van der Waals surface area contributed by atoms with Crippen molar-refractivity contribution in [3.05, 3.63) is 102 Å². The number of aliphatic hydroxyl groups excluding tert-OH is 1. The fraction of sp³-hybridized carbons (Fsp3) is 0.308. The van der Waals surface area contributed by atoms with Crippen molar-refractivity contribution in [2.24, 2.45) is 0 Å². The van der Waals surface area contributed by atoms with E-state index in [-0.39, 0.29) is 18.1 Å². The lowest BCUT2D eigenvalue weighted by atomic mass is 9.82. The second-order valence-corrected chi connectivity index (χ2v) is 7.81. The van der Waals surface area contributed by atoms with Crippen LogP contribution in [0.2, 0.25) is 0 Å². The SMILES string of the molecule is COc1ccc(CN[C@H]2CO[C@@H](C(c3ccccc3)c3ccccc3)C[C@@H]2O)cc1. The highest BCUT2D eigenvalue weighted by Crippen LogP contribution is 2.34. The van der Waals surface area contributed by atoms with Gasteiger partial charge >= 0.3 is 0 Å². The first-order valence-electron chi connectivity index (χ1n) is 10.5. The highest BCUT2D eigenvalue weighted by molar-refractivity contribution is 5.34. The average Bonchev–Trinajstić information content (AvgIpc) is 2.80. The van der Waals surface area contributed by atoms with Crippen molar-refractivity contribution < 1.29 is 14.6 Å². The fourth-order valence-corrected chi connectivity index (χ4v) is 4.17. The molecule has 0 bridgehead atoms. The first kappa shape index (κ1) is 20.6. The summed E-state index contributed by atoms with van der Waals surface area (Å²) in [6, 6.07) is 28.7. The summed E-state index contributed by atoms with van der Waals surface area (Å²) in [4.78, 5) is 0. The molecule has 1 fully saturated rings. The number of ether oxygens (including phenoxy) is 2. The number of rotatable bonds is 7. The average molecular weight is 404 g/mol. The van der Waals surface area contributed by atoms with Gasteiger partial charge in [0, 0.05) is 18.9 Å². The Morgan fingerprint density at radius 2 is 1.53 bits per heavy atom. The molecule has 0 aliphatic carbocycles. The first-order chi connectivity index (χ1) is 14.7. The van der Waals surface area contributed by atoms with Gasteiger partial charge in [0.2, 0.25) is 0 Å². The Labute approximate surface area is 178 Å². The topological polar surface area (TPSA) is 50.7 Å². The molecule has 3 aromatic carbocycles. The van der Waals surface area contributed by atoms with Gasteiger partial charge in [-0.2, -0.15) is 0 Å². The zero-order valence-corrected chi connectivity index (χ0v) is 17.3. The minimum absolute atomic E-state index is 0.0659. The molecular formula is C26H29NO3. The zero-order chi connectivity index (χ0) is 20.8. The van der Waals surface area contributed by atoms with E-state index in [0.717, 1.165) is 11.3 Å². The zero-order valence-electron chi connectivity index (χ0n) is 17.3. The van der Waals surface area contributed by atoms with Gasteiger partial charge in [-0.15, -0.1) is 0 Å². The van der Waals surface area contributed by atoms with Crippen molar-refractivity contribution in [1.82, 2.24) is 5.32 Å². The summed E-state index contributed by atoms with van der Waals surface area (Å²) in [5.41, 5.74) is 3.58. The van der Waals surface area contributed by atoms with E-state index in [4.69, 9.17) is 9.47 Å². The predicted octanol–water partition coefficient (Wildman–Crippen LogP) is 4.14. The Hall–Kier alpha value is -2.66. The number of hydrogen-bond donors (Lipinski definition) is 2. The Balaban J connectivity index is 1.42. The molecule has 3 atom stereocenters. The number of nitrogens with one attached hydrogen (secondary N) is 1. The maximum Gasteiger partial charge on any atom is 0.118 e. The van der Waals surface area contributed by atoms with E-state index in [0.29, 0.717) is 19.6 Å². The molecule has 0 unspecified atom stereocenters. The van der Waals surface area contributed by atoms with Gasteiger partial charge in [-0.05, 0) is 28.8 Å². The van der Waals surface area contributed by atoms with Gasteiger partial charge < -0.3 is 19.9 Å². The van der Waals surface area contributed by atoms with E-state index in [2.05, 4.69) is 53.8 Å². The molecule has 0 aromatic heterocycles. The van der Waals surface area contributed by atoms with Gasteiger partial charge in [-0.3, -0.25) is 0 Å². The highest BCUT2D eigenvalue weighted by atomic mass is 16.5. The lowest BCUT2D eigenvalue weighted by Crippen LogP contribution is -2.50. The summed E-state index contributed by atoms with van der Waals surface area (Å²) in [6.07, 6.45) is 0.0649. The van der Waals surface area contributed by atoms with Crippen LogP contribution in [-0.4, -0.2) is 37.1 Å². The van der Waals surface area contributed by atoms with Gasteiger partial charge in [0.15, 0.2) is 0 Å². The molecule has 4 rings (SSSR count). The molecule has 156 valence electrons. The summed E-state index contributed by atoms with van der Waals surface area (Å²) < 4.78 is 11.5. The largest absolute Gasteiger partial charge is 0.497 e. The van der Waals surface area contributed by atoms with E-state index in [1.807, 2.05) is 36.4 Å². The van der Waals surface area contributed by atoms with Crippen molar-refractivity contribution in [3.8, 4) is 5.75 Å². The summed E-state index contributed by atoms with van der Waals surface area (Å²) in [5, 5.41) is 14.3. The van der Waals surface area contributed by atoms with Crippen molar-refractivity contribution in [3.63, 3.8) is 0 Å². The van der Waals surface area contributed by atoms with Gasteiger partial charge in [-0.1, -0.05) is 72.8 Å². The molecule has 3 aromatic rings. The highest BCUT2D eigenvalue weighted by Gasteiger charge is 2.35. The van der Waals surface area contributed by atoms with E-state index in [1.165, 1.54) is 11.1 Å². The molecule has 1 saturated heterocycles. The van der Waals surface area contributed by atoms with E-state index in [1.54, 1.807) is 7.11 Å². The molecule has 1 heterocycles. The second kappa shape index (κ2) is 9.90. The third-order valence-electron chi connectivity index (χ3n) is 5.84. The Bertz CT molecular complexity index is 859. The lowest BCUT2D eigenvalue weighted by molar-refractivity contribution is -0.0718. The molecule has 1 aliphatic heterocycles. The van der Waals surface area contributed by atoms with E-state index < -0.39 is 6.10 Å². The molecule has 2 N–H and O–H groups in total. The van der Waals surface area contributed by atoms with Crippen LogP contribution in [0.5, 0.6) is 5.75 Å². The smallest absolute Gasteiger partial charge is 0.118 e. The van der Waals surface area contributed by atoms with Gasteiger partial charge in [0.25, 0.3) is 0 Å². The quantitative estimate of drug-likeness (QED) is 0.623. The summed E-state index contributed by atoms with van der Waals surface area (Å²) in [7, 11) is 1.66. The van der Waals surface area contributed by atoms with Gasteiger partial charge in [0.1, 0.15) is 5.75 Å². The third kappa shape index (κ3) is 4.90. The van der Waals surface area contributed by atoms with Gasteiger partial charge in [0.05, 0.1) is 32.0 Å². The number of hydrogen-bond acceptors (Lipinski definition) is 4. The second-order valence-electron chi connectivity index (χ2n) is 7.81. The molecule has 0 radical (unpaired) electrons. The molecule has 4 heteroatoms. The minimum Gasteiger partial charge on any atom is -0.497 e. The molecule has 0 spiro atoms. The Morgan fingerprint density at radius 3 is 2.07 bits per heavy atom. The minimum atomic E-state index is -0.461. The number of methoxy groups -OCH3 is 1. The van der Waals surface area contributed by atoms with Crippen LogP contribution >= 0.6 is 0 Å². The maximum absolute atomic E-state index is 10.9. The molecule has 1 aliphatic rings. The van der Waals surface area contributed by atoms with Crippen molar-refractivity contribution in [2.75, 3.05) is 13.7 Å². The third-order valence-corrected chi connectivity index (χ3v) is 5.84. The van der Waals surface area contributed by atoms with Crippen LogP contribution in [0.15, 0.2) is 84.9 Å². The number of aliphatic hydroxyl groups is 1. The van der Waals surface area contributed by atoms with Crippen molar-refractivity contribution >= 4 is 0 Å². The van der Waals surface area contributed by atoms with Crippen molar-refractivity contribution in [2.45, 2.75) is 37.1 Å². The molecular weight excluding hydrogens is 374 g/mol. The van der Waals surface area contributed by atoms with E-state index >= 15 is 0 Å². The maximum atomic E-state index is 10.9. The van der Waals surface area contributed by atoms with Gasteiger partial charge in [-0.25, -0.2) is 0 Å². The van der Waals surface area contributed by atoms with Crippen LogP contribution in [0, 0.1) is 0 Å². The van der Waals surface area contributed by atoms with Crippen LogP contribution in [0.1, 0.15) is 29.0 Å². The Kier molecular flexibility index (Phi) is 6.80. The first-order valence-corrected chi connectivity index (χ1v) is 10.5. The predicted molar refractivity (Wildman–Crippen MR) is 119 cm³/mol. The van der Waals surface area contributed by atoms with Crippen LogP contribution in [-0.2, 0) is 11.3 Å². The fourth-order valence-electron chi connectivity index (χ4n) is 4.17. The van der Waals surface area contributed by atoms with Crippen LogP contribution in [0.4, 0.5) is 0 Å². The monoisotopic (exact) mass is 403 g/mol. The molecule has 0 amide bonds. The lowest BCUT2D eigenvalue weighted by Gasteiger charge is -2.38. The van der Waals surface area contributed by atoms with Crippen LogP contribution in [0.25, 0.3) is 0 Å². The number of benzene rings is 3. The Morgan fingerprint density at radius 1 is 0.933 bits per heavy atom.